The van der Waals surface area contributed by atoms with Crippen LogP contribution in [0.5, 0.6) is 5.75 Å². The van der Waals surface area contributed by atoms with Gasteiger partial charge in [0.25, 0.3) is 0 Å². The molecule has 3 aromatic rings. The fraction of sp³-hybridized carbons (Fsp3) is 0.167. The van der Waals surface area contributed by atoms with Crippen LogP contribution in [0.3, 0.4) is 0 Å². The highest BCUT2D eigenvalue weighted by molar-refractivity contribution is 5.82. The summed E-state index contributed by atoms with van der Waals surface area (Å²) < 4.78 is 6.03. The van der Waals surface area contributed by atoms with Gasteiger partial charge in [0.1, 0.15) is 11.9 Å². The van der Waals surface area contributed by atoms with Gasteiger partial charge in [0.15, 0.2) is 0 Å². The Kier molecular flexibility index (Phi) is 2.86. The minimum absolute atomic E-state index is 0.0202. The molecule has 104 valence electrons. The van der Waals surface area contributed by atoms with Crippen molar-refractivity contribution in [1.82, 2.24) is 4.98 Å². The first-order valence-electron chi connectivity index (χ1n) is 7.17. The monoisotopic (exact) mass is 276 g/mol. The highest BCUT2D eigenvalue weighted by Gasteiger charge is 2.29. The fourth-order valence-electron chi connectivity index (χ4n) is 3.03. The Morgan fingerprint density at radius 2 is 1.95 bits per heavy atom. The third-order valence-corrected chi connectivity index (χ3v) is 4.11. The van der Waals surface area contributed by atoms with E-state index in [1.54, 1.807) is 6.20 Å². The van der Waals surface area contributed by atoms with Gasteiger partial charge < -0.3 is 10.5 Å². The normalized spacial score (nSPS) is 18.2. The molecular weight excluding hydrogens is 260 g/mol. The number of fused-ring (bicyclic) bond motifs is 2. The Morgan fingerprint density at radius 3 is 2.86 bits per heavy atom. The summed E-state index contributed by atoms with van der Waals surface area (Å²) in [5, 5.41) is 1.10. The van der Waals surface area contributed by atoms with E-state index in [-0.39, 0.29) is 12.1 Å². The summed E-state index contributed by atoms with van der Waals surface area (Å²) in [6.45, 7) is 0. The van der Waals surface area contributed by atoms with Crippen LogP contribution in [0, 0.1) is 0 Å². The van der Waals surface area contributed by atoms with Gasteiger partial charge >= 0.3 is 0 Å². The summed E-state index contributed by atoms with van der Waals surface area (Å²) in [7, 11) is 0. The largest absolute Gasteiger partial charge is 0.488 e. The summed E-state index contributed by atoms with van der Waals surface area (Å²) >= 11 is 0. The molecule has 2 heterocycles. The molecule has 1 aliphatic heterocycles. The summed E-state index contributed by atoms with van der Waals surface area (Å²) in [5.41, 5.74) is 9.79. The minimum atomic E-state index is -0.162. The van der Waals surface area contributed by atoms with E-state index >= 15 is 0 Å². The second-order valence-corrected chi connectivity index (χ2v) is 5.41. The predicted octanol–water partition coefficient (Wildman–Crippen LogP) is 3.24. The summed E-state index contributed by atoms with van der Waals surface area (Å²) in [4.78, 5) is 4.39. The van der Waals surface area contributed by atoms with Gasteiger partial charge in [0, 0.05) is 18.0 Å². The molecule has 0 saturated carbocycles. The van der Waals surface area contributed by atoms with Crippen molar-refractivity contribution in [3.63, 3.8) is 0 Å². The van der Waals surface area contributed by atoms with Crippen LogP contribution in [0.2, 0.25) is 0 Å². The first-order valence-corrected chi connectivity index (χ1v) is 7.17. The summed E-state index contributed by atoms with van der Waals surface area (Å²) in [6.07, 6.45) is 2.64. The maximum Gasteiger partial charge on any atom is 0.123 e. The molecule has 1 aromatic heterocycles. The molecule has 0 radical (unpaired) electrons. The van der Waals surface area contributed by atoms with Crippen LogP contribution < -0.4 is 10.5 Å². The van der Waals surface area contributed by atoms with Gasteiger partial charge in [-0.25, -0.2) is 0 Å². The molecule has 0 aliphatic carbocycles. The third kappa shape index (κ3) is 2.06. The average Bonchev–Trinajstić information content (AvgIpc) is 2.97. The molecule has 0 spiro atoms. The van der Waals surface area contributed by atoms with Crippen LogP contribution in [0.1, 0.15) is 17.2 Å². The average molecular weight is 276 g/mol. The number of para-hydroxylation sites is 1. The Bertz CT molecular complexity index is 770. The lowest BCUT2D eigenvalue weighted by Gasteiger charge is -2.20. The molecule has 2 aromatic carbocycles. The lowest BCUT2D eigenvalue weighted by molar-refractivity contribution is 0.200. The van der Waals surface area contributed by atoms with E-state index in [0.717, 1.165) is 28.6 Å². The zero-order valence-electron chi connectivity index (χ0n) is 11.6. The van der Waals surface area contributed by atoms with Gasteiger partial charge in [-0.05, 0) is 29.3 Å². The lowest BCUT2D eigenvalue weighted by atomic mass is 9.95. The summed E-state index contributed by atoms with van der Waals surface area (Å²) in [6, 6.07) is 18.1. The fourth-order valence-corrected chi connectivity index (χ4v) is 3.03. The first kappa shape index (κ1) is 12.4. The number of hydrogen-bond acceptors (Lipinski definition) is 3. The molecule has 2 N–H and O–H groups in total. The second kappa shape index (κ2) is 4.86. The number of aromatic nitrogens is 1. The van der Waals surface area contributed by atoms with Gasteiger partial charge in [-0.3, -0.25) is 4.98 Å². The highest BCUT2D eigenvalue weighted by atomic mass is 16.5. The van der Waals surface area contributed by atoms with Crippen LogP contribution in [-0.2, 0) is 6.42 Å². The van der Waals surface area contributed by atoms with Crippen molar-refractivity contribution >= 4 is 10.9 Å². The van der Waals surface area contributed by atoms with E-state index in [2.05, 4.69) is 23.2 Å². The number of hydrogen-bond donors (Lipinski definition) is 1. The lowest BCUT2D eigenvalue weighted by Crippen LogP contribution is -2.30. The van der Waals surface area contributed by atoms with Crippen molar-refractivity contribution in [3.8, 4) is 5.75 Å². The number of ether oxygens (including phenoxy) is 1. The van der Waals surface area contributed by atoms with E-state index in [1.165, 1.54) is 5.56 Å². The number of nitrogens with zero attached hydrogens (tertiary/aromatic N) is 1. The van der Waals surface area contributed by atoms with Crippen LogP contribution in [-0.4, -0.2) is 11.1 Å². The topological polar surface area (TPSA) is 48.1 Å². The Hall–Kier alpha value is -2.39. The molecule has 0 fully saturated rings. The first-order chi connectivity index (χ1) is 10.3. The molecule has 3 heteroatoms. The molecule has 1 aliphatic rings. The molecule has 2 unspecified atom stereocenters. The van der Waals surface area contributed by atoms with Crippen molar-refractivity contribution in [3.05, 3.63) is 71.9 Å². The Balaban J connectivity index is 1.71. The maximum absolute atomic E-state index is 6.49. The van der Waals surface area contributed by atoms with Crippen LogP contribution in [0.4, 0.5) is 0 Å². The Morgan fingerprint density at radius 1 is 1.05 bits per heavy atom. The van der Waals surface area contributed by atoms with Crippen molar-refractivity contribution in [2.75, 3.05) is 0 Å². The van der Waals surface area contributed by atoms with Crippen molar-refractivity contribution in [2.24, 2.45) is 5.73 Å². The molecule has 0 amide bonds. The maximum atomic E-state index is 6.49. The van der Waals surface area contributed by atoms with Crippen LogP contribution in [0.25, 0.3) is 10.9 Å². The summed E-state index contributed by atoms with van der Waals surface area (Å²) in [5.74, 6) is 0.955. The van der Waals surface area contributed by atoms with Crippen LogP contribution in [0.15, 0.2) is 60.8 Å². The van der Waals surface area contributed by atoms with E-state index in [1.807, 2.05) is 36.4 Å². The van der Waals surface area contributed by atoms with Gasteiger partial charge in [-0.15, -0.1) is 0 Å². The number of rotatable bonds is 2. The number of benzene rings is 2. The molecule has 0 saturated heterocycles. The standard InChI is InChI=1S/C18H16N2O/c19-18(17-11-12-5-1-2-9-16(12)21-17)14-6-3-8-15-13(14)7-4-10-20-15/h1-10,17-18H,11,19H2. The number of pyridine rings is 1. The van der Waals surface area contributed by atoms with Gasteiger partial charge in [-0.2, -0.15) is 0 Å². The smallest absolute Gasteiger partial charge is 0.123 e. The van der Waals surface area contributed by atoms with Gasteiger partial charge in [0.05, 0.1) is 11.6 Å². The molecule has 4 rings (SSSR count). The molecule has 21 heavy (non-hydrogen) atoms. The quantitative estimate of drug-likeness (QED) is 0.781. The molecule has 3 nitrogen and oxygen atoms in total. The zero-order chi connectivity index (χ0) is 14.2. The van der Waals surface area contributed by atoms with E-state index in [0.29, 0.717) is 0 Å². The van der Waals surface area contributed by atoms with E-state index < -0.39 is 0 Å². The van der Waals surface area contributed by atoms with Crippen LogP contribution >= 0.6 is 0 Å². The highest BCUT2D eigenvalue weighted by Crippen LogP contribution is 2.34. The third-order valence-electron chi connectivity index (χ3n) is 4.11. The number of nitrogens with two attached hydrogens (primary N) is 1. The second-order valence-electron chi connectivity index (χ2n) is 5.41. The molecule has 2 atom stereocenters. The zero-order valence-corrected chi connectivity index (χ0v) is 11.6. The van der Waals surface area contributed by atoms with E-state index in [4.69, 9.17) is 10.5 Å². The van der Waals surface area contributed by atoms with Gasteiger partial charge in [-0.1, -0.05) is 36.4 Å². The van der Waals surface area contributed by atoms with Crippen molar-refractivity contribution < 1.29 is 4.74 Å². The van der Waals surface area contributed by atoms with Crippen molar-refractivity contribution in [2.45, 2.75) is 18.6 Å². The molecule has 0 bridgehead atoms. The Labute approximate surface area is 123 Å². The predicted molar refractivity (Wildman–Crippen MR) is 83.2 cm³/mol. The van der Waals surface area contributed by atoms with Crippen molar-refractivity contribution in [1.29, 1.82) is 0 Å². The SMILES string of the molecule is NC(c1cccc2ncccc12)C1Cc2ccccc2O1. The van der Waals surface area contributed by atoms with Gasteiger partial charge in [0.2, 0.25) is 0 Å². The van der Waals surface area contributed by atoms with E-state index in [9.17, 15) is 0 Å². The minimum Gasteiger partial charge on any atom is -0.488 e. The molecular formula is C18H16N2O.